The molecule has 1 aromatic heterocycles. The quantitative estimate of drug-likeness (QED) is 0.891. The first-order valence-corrected chi connectivity index (χ1v) is 6.79. The standard InChI is InChI=1S/C16H16F2N2O2/c1-10(14-6-5-11(17)7-15(14)18)16(22)19-8-12-3-2-4-13(9-21)20-12/h2-7,10,21H,8-9H2,1H3,(H,19,22). The summed E-state index contributed by atoms with van der Waals surface area (Å²) in [5.41, 5.74) is 1.23. The number of aliphatic hydroxyl groups excluding tert-OH is 1. The van der Waals surface area contributed by atoms with Gasteiger partial charge in [-0.05, 0) is 25.1 Å². The minimum Gasteiger partial charge on any atom is -0.390 e. The second-order valence-electron chi connectivity index (χ2n) is 4.88. The Labute approximate surface area is 126 Å². The summed E-state index contributed by atoms with van der Waals surface area (Å²) >= 11 is 0. The Morgan fingerprint density at radius 2 is 2.00 bits per heavy atom. The third-order valence-corrected chi connectivity index (χ3v) is 3.29. The van der Waals surface area contributed by atoms with Gasteiger partial charge in [0.15, 0.2) is 0 Å². The predicted octanol–water partition coefficient (Wildman–Crippen LogP) is 2.27. The molecule has 0 aliphatic rings. The molecule has 1 aromatic carbocycles. The summed E-state index contributed by atoms with van der Waals surface area (Å²) in [4.78, 5) is 16.2. The molecule has 0 saturated heterocycles. The zero-order chi connectivity index (χ0) is 16.1. The molecule has 1 atom stereocenters. The number of amides is 1. The van der Waals surface area contributed by atoms with Crippen molar-refractivity contribution in [1.82, 2.24) is 10.3 Å². The fraction of sp³-hybridized carbons (Fsp3) is 0.250. The lowest BCUT2D eigenvalue weighted by Crippen LogP contribution is -2.28. The third kappa shape index (κ3) is 3.85. The van der Waals surface area contributed by atoms with E-state index in [0.717, 1.165) is 12.1 Å². The van der Waals surface area contributed by atoms with Crippen molar-refractivity contribution in [3.63, 3.8) is 0 Å². The number of rotatable bonds is 5. The van der Waals surface area contributed by atoms with Gasteiger partial charge in [0.05, 0.1) is 30.5 Å². The minimum atomic E-state index is -0.748. The summed E-state index contributed by atoms with van der Waals surface area (Å²) in [6.45, 7) is 1.53. The zero-order valence-corrected chi connectivity index (χ0v) is 12.0. The highest BCUT2D eigenvalue weighted by atomic mass is 19.1. The first kappa shape index (κ1) is 16.0. The summed E-state index contributed by atoms with van der Waals surface area (Å²) < 4.78 is 26.5. The van der Waals surface area contributed by atoms with Crippen LogP contribution >= 0.6 is 0 Å². The molecule has 2 aromatic rings. The van der Waals surface area contributed by atoms with E-state index in [1.807, 2.05) is 0 Å². The maximum atomic E-state index is 13.7. The van der Waals surface area contributed by atoms with Crippen LogP contribution in [0.3, 0.4) is 0 Å². The average Bonchev–Trinajstić information content (AvgIpc) is 2.52. The zero-order valence-electron chi connectivity index (χ0n) is 12.0. The molecule has 2 N–H and O–H groups in total. The Hall–Kier alpha value is -2.34. The van der Waals surface area contributed by atoms with Crippen molar-refractivity contribution in [2.24, 2.45) is 0 Å². The normalized spacial score (nSPS) is 12.0. The number of pyridine rings is 1. The summed E-state index contributed by atoms with van der Waals surface area (Å²) in [6, 6.07) is 8.24. The molecule has 0 bridgehead atoms. The SMILES string of the molecule is CC(C(=O)NCc1cccc(CO)n1)c1ccc(F)cc1F. The van der Waals surface area contributed by atoms with E-state index in [0.29, 0.717) is 11.4 Å². The molecule has 1 heterocycles. The van der Waals surface area contributed by atoms with Crippen molar-refractivity contribution >= 4 is 5.91 Å². The molecule has 4 nitrogen and oxygen atoms in total. The van der Waals surface area contributed by atoms with Crippen LogP contribution in [0.1, 0.15) is 29.8 Å². The van der Waals surface area contributed by atoms with Crippen molar-refractivity contribution in [2.75, 3.05) is 0 Å². The lowest BCUT2D eigenvalue weighted by molar-refractivity contribution is -0.122. The number of hydrogen-bond donors (Lipinski definition) is 2. The number of halogens is 2. The molecule has 0 aliphatic heterocycles. The van der Waals surface area contributed by atoms with E-state index < -0.39 is 17.6 Å². The second-order valence-corrected chi connectivity index (χ2v) is 4.88. The topological polar surface area (TPSA) is 62.2 Å². The van der Waals surface area contributed by atoms with Crippen LogP contribution in [0.5, 0.6) is 0 Å². The molecule has 2 rings (SSSR count). The molecule has 0 aliphatic carbocycles. The Morgan fingerprint density at radius 3 is 2.68 bits per heavy atom. The van der Waals surface area contributed by atoms with E-state index in [1.165, 1.54) is 6.07 Å². The lowest BCUT2D eigenvalue weighted by atomic mass is 9.99. The van der Waals surface area contributed by atoms with Gasteiger partial charge in [-0.25, -0.2) is 8.78 Å². The van der Waals surface area contributed by atoms with Crippen LogP contribution in [0, 0.1) is 11.6 Å². The molecule has 0 fully saturated rings. The first-order chi connectivity index (χ1) is 10.5. The number of aromatic nitrogens is 1. The molecular formula is C16H16F2N2O2. The van der Waals surface area contributed by atoms with Gasteiger partial charge in [0.25, 0.3) is 0 Å². The highest BCUT2D eigenvalue weighted by molar-refractivity contribution is 5.83. The highest BCUT2D eigenvalue weighted by Gasteiger charge is 2.19. The fourth-order valence-corrected chi connectivity index (χ4v) is 2.04. The van der Waals surface area contributed by atoms with E-state index >= 15 is 0 Å². The smallest absolute Gasteiger partial charge is 0.227 e. The molecule has 6 heteroatoms. The summed E-state index contributed by atoms with van der Waals surface area (Å²) in [5, 5.41) is 11.7. The number of carbonyl (C=O) groups is 1. The molecule has 22 heavy (non-hydrogen) atoms. The number of carbonyl (C=O) groups excluding carboxylic acids is 1. The molecule has 1 unspecified atom stereocenters. The summed E-state index contributed by atoms with van der Waals surface area (Å²) in [7, 11) is 0. The molecule has 116 valence electrons. The van der Waals surface area contributed by atoms with Crippen LogP contribution in [-0.4, -0.2) is 16.0 Å². The van der Waals surface area contributed by atoms with Crippen molar-refractivity contribution in [2.45, 2.75) is 26.0 Å². The number of hydrogen-bond acceptors (Lipinski definition) is 3. The van der Waals surface area contributed by atoms with Crippen molar-refractivity contribution < 1.29 is 18.7 Å². The van der Waals surface area contributed by atoms with Crippen LogP contribution < -0.4 is 5.32 Å². The number of benzene rings is 1. The number of aliphatic hydroxyl groups is 1. The predicted molar refractivity (Wildman–Crippen MR) is 76.8 cm³/mol. The lowest BCUT2D eigenvalue weighted by Gasteiger charge is -2.13. The van der Waals surface area contributed by atoms with Crippen molar-refractivity contribution in [3.8, 4) is 0 Å². The first-order valence-electron chi connectivity index (χ1n) is 6.79. The van der Waals surface area contributed by atoms with Crippen LogP contribution in [0.4, 0.5) is 8.78 Å². The van der Waals surface area contributed by atoms with Gasteiger partial charge in [0, 0.05) is 11.6 Å². The van der Waals surface area contributed by atoms with Gasteiger partial charge in [-0.1, -0.05) is 12.1 Å². The summed E-state index contributed by atoms with van der Waals surface area (Å²) in [5.74, 6) is -2.56. The molecule has 1 amide bonds. The largest absolute Gasteiger partial charge is 0.390 e. The van der Waals surface area contributed by atoms with E-state index in [4.69, 9.17) is 5.11 Å². The highest BCUT2D eigenvalue weighted by Crippen LogP contribution is 2.20. The third-order valence-electron chi connectivity index (χ3n) is 3.29. The fourth-order valence-electron chi connectivity index (χ4n) is 2.04. The maximum absolute atomic E-state index is 13.7. The Balaban J connectivity index is 2.02. The van der Waals surface area contributed by atoms with Gasteiger partial charge in [0.1, 0.15) is 11.6 Å². The van der Waals surface area contributed by atoms with E-state index in [-0.39, 0.29) is 24.6 Å². The maximum Gasteiger partial charge on any atom is 0.227 e. The van der Waals surface area contributed by atoms with Gasteiger partial charge in [-0.15, -0.1) is 0 Å². The number of nitrogens with one attached hydrogen (secondary N) is 1. The van der Waals surface area contributed by atoms with E-state index in [1.54, 1.807) is 25.1 Å². The van der Waals surface area contributed by atoms with Crippen LogP contribution in [-0.2, 0) is 17.9 Å². The second kappa shape index (κ2) is 7.09. The van der Waals surface area contributed by atoms with Crippen LogP contribution in [0.2, 0.25) is 0 Å². The van der Waals surface area contributed by atoms with Gasteiger partial charge in [0.2, 0.25) is 5.91 Å². The monoisotopic (exact) mass is 306 g/mol. The van der Waals surface area contributed by atoms with E-state index in [9.17, 15) is 13.6 Å². The van der Waals surface area contributed by atoms with Crippen LogP contribution in [0.15, 0.2) is 36.4 Å². The van der Waals surface area contributed by atoms with Gasteiger partial charge in [-0.2, -0.15) is 0 Å². The average molecular weight is 306 g/mol. The van der Waals surface area contributed by atoms with Crippen molar-refractivity contribution in [3.05, 3.63) is 65.0 Å². The molecular weight excluding hydrogens is 290 g/mol. The van der Waals surface area contributed by atoms with Gasteiger partial charge in [-0.3, -0.25) is 9.78 Å². The number of nitrogens with zero attached hydrogens (tertiary/aromatic N) is 1. The van der Waals surface area contributed by atoms with Gasteiger partial charge < -0.3 is 10.4 Å². The Kier molecular flexibility index (Phi) is 5.16. The van der Waals surface area contributed by atoms with E-state index in [2.05, 4.69) is 10.3 Å². The Bertz CT molecular complexity index is 677. The minimum absolute atomic E-state index is 0.135. The van der Waals surface area contributed by atoms with Crippen molar-refractivity contribution in [1.29, 1.82) is 0 Å². The van der Waals surface area contributed by atoms with Gasteiger partial charge >= 0.3 is 0 Å². The Morgan fingerprint density at radius 1 is 1.27 bits per heavy atom. The molecule has 0 saturated carbocycles. The summed E-state index contributed by atoms with van der Waals surface area (Å²) in [6.07, 6.45) is 0. The molecule has 0 radical (unpaired) electrons. The molecule has 0 spiro atoms. The van der Waals surface area contributed by atoms with Crippen LogP contribution in [0.25, 0.3) is 0 Å².